The van der Waals surface area contributed by atoms with Gasteiger partial charge in [-0.1, -0.05) is 24.3 Å². The number of hydrogen-bond donors (Lipinski definition) is 3. The largest absolute Gasteiger partial charge is 0.418 e. The van der Waals surface area contributed by atoms with Crippen LogP contribution in [0.25, 0.3) is 32.9 Å². The van der Waals surface area contributed by atoms with Crippen molar-refractivity contribution in [1.82, 2.24) is 20.6 Å². The van der Waals surface area contributed by atoms with Crippen LogP contribution in [0, 0.1) is 0 Å². The van der Waals surface area contributed by atoms with Crippen molar-refractivity contribution >= 4 is 44.8 Å². The fourth-order valence-corrected chi connectivity index (χ4v) is 5.57. The molecule has 10 heteroatoms. The number of carbonyl (C=O) groups excluding carboxylic acids is 1. The average molecular weight is 583 g/mol. The van der Waals surface area contributed by atoms with E-state index in [0.717, 1.165) is 40.9 Å². The van der Waals surface area contributed by atoms with Crippen molar-refractivity contribution in [1.29, 1.82) is 0 Å². The lowest BCUT2D eigenvalue weighted by molar-refractivity contribution is -0.137. The predicted octanol–water partition coefficient (Wildman–Crippen LogP) is 6.51. The van der Waals surface area contributed by atoms with Gasteiger partial charge in [-0.3, -0.25) is 14.8 Å². The number of para-hydroxylation sites is 1. The number of halogens is 3. The van der Waals surface area contributed by atoms with Crippen LogP contribution in [0.1, 0.15) is 28.8 Å². The third-order valence-corrected chi connectivity index (χ3v) is 7.98. The van der Waals surface area contributed by atoms with E-state index in [9.17, 15) is 18.0 Å². The molecule has 2 fully saturated rings. The lowest BCUT2D eigenvalue weighted by atomic mass is 10.0. The second-order valence-corrected chi connectivity index (χ2v) is 11.0. The molecule has 3 N–H and O–H groups in total. The minimum atomic E-state index is -4.55. The third-order valence-electron chi connectivity index (χ3n) is 7.98. The van der Waals surface area contributed by atoms with Crippen LogP contribution < -0.4 is 20.9 Å². The molecule has 0 atom stereocenters. The molecule has 0 radical (unpaired) electrons. The molecular weight excluding hydrogens is 553 g/mol. The summed E-state index contributed by atoms with van der Waals surface area (Å²) in [6.07, 6.45) is 0.520. The Morgan fingerprint density at radius 3 is 2.47 bits per heavy atom. The number of carbonyl (C=O) groups is 1. The molecule has 0 unspecified atom stereocenters. The summed E-state index contributed by atoms with van der Waals surface area (Å²) in [5.74, 6) is -0.314. The maximum absolute atomic E-state index is 14.3. The summed E-state index contributed by atoms with van der Waals surface area (Å²) in [6.45, 7) is 2.22. The van der Waals surface area contributed by atoms with Crippen LogP contribution in [0.4, 0.5) is 30.2 Å². The molecule has 3 heterocycles. The fraction of sp³-hybridized carbons (Fsp3) is 0.242. The molecule has 7 rings (SSSR count). The zero-order valence-corrected chi connectivity index (χ0v) is 23.2. The number of pyridine rings is 2. The highest BCUT2D eigenvalue weighted by Crippen LogP contribution is 2.40. The molecular formula is C33H29F3N6O. The Bertz CT molecular complexity index is 1850. The van der Waals surface area contributed by atoms with Gasteiger partial charge in [0.25, 0.3) is 5.91 Å². The van der Waals surface area contributed by atoms with Crippen LogP contribution in [-0.4, -0.2) is 48.1 Å². The van der Waals surface area contributed by atoms with E-state index in [4.69, 9.17) is 0 Å². The van der Waals surface area contributed by atoms with Crippen LogP contribution in [0.2, 0.25) is 0 Å². The van der Waals surface area contributed by atoms with Gasteiger partial charge in [0.1, 0.15) is 0 Å². The van der Waals surface area contributed by atoms with E-state index in [1.165, 1.54) is 12.3 Å². The van der Waals surface area contributed by atoms with Crippen molar-refractivity contribution in [2.75, 3.05) is 36.4 Å². The SMILES string of the molecule is O=C(NC1CC1)c1cnc2ccc(-c3cnc4ccccc4c3)cc2c1Nc1ccc(N2CCNCC2)c(C(F)(F)F)c1. The minimum absolute atomic E-state index is 0.0983. The number of amides is 1. The first-order valence-electron chi connectivity index (χ1n) is 14.4. The Balaban J connectivity index is 1.34. The minimum Gasteiger partial charge on any atom is -0.368 e. The quantitative estimate of drug-likeness (QED) is 0.212. The Morgan fingerprint density at radius 2 is 1.67 bits per heavy atom. The summed E-state index contributed by atoms with van der Waals surface area (Å²) < 4.78 is 43.0. The molecule has 2 aliphatic rings. The normalized spacial score (nSPS) is 15.6. The maximum atomic E-state index is 14.3. The van der Waals surface area contributed by atoms with Gasteiger partial charge in [-0.2, -0.15) is 13.2 Å². The van der Waals surface area contributed by atoms with E-state index in [0.29, 0.717) is 42.8 Å². The fourth-order valence-electron chi connectivity index (χ4n) is 5.57. The highest BCUT2D eigenvalue weighted by Gasteiger charge is 2.36. The number of benzene rings is 3. The number of nitrogens with one attached hydrogen (secondary N) is 3. The summed E-state index contributed by atoms with van der Waals surface area (Å²) >= 11 is 0. The monoisotopic (exact) mass is 582 g/mol. The van der Waals surface area contributed by atoms with Gasteiger partial charge in [-0.05, 0) is 60.9 Å². The smallest absolute Gasteiger partial charge is 0.368 e. The van der Waals surface area contributed by atoms with Gasteiger partial charge in [0, 0.05) is 72.3 Å². The lowest BCUT2D eigenvalue weighted by Gasteiger charge is -2.32. The van der Waals surface area contributed by atoms with E-state index >= 15 is 0 Å². The summed E-state index contributed by atoms with van der Waals surface area (Å²) in [5.41, 5.74) is 3.55. The summed E-state index contributed by atoms with van der Waals surface area (Å²) in [6, 6.07) is 19.9. The molecule has 1 aliphatic heterocycles. The Kier molecular flexibility index (Phi) is 6.85. The first-order valence-corrected chi connectivity index (χ1v) is 14.4. The Labute approximate surface area is 246 Å². The lowest BCUT2D eigenvalue weighted by Crippen LogP contribution is -2.44. The third kappa shape index (κ3) is 5.58. The Morgan fingerprint density at radius 1 is 0.884 bits per heavy atom. The zero-order chi connectivity index (χ0) is 29.6. The van der Waals surface area contributed by atoms with Gasteiger partial charge in [0.2, 0.25) is 0 Å². The van der Waals surface area contributed by atoms with Crippen LogP contribution in [0.3, 0.4) is 0 Å². The molecule has 2 aromatic heterocycles. The van der Waals surface area contributed by atoms with E-state index in [-0.39, 0.29) is 28.9 Å². The molecule has 0 bridgehead atoms. The number of piperazine rings is 1. The Hall–Kier alpha value is -4.70. The molecule has 0 spiro atoms. The van der Waals surface area contributed by atoms with Gasteiger partial charge in [0.05, 0.1) is 27.8 Å². The zero-order valence-electron chi connectivity index (χ0n) is 23.2. The highest BCUT2D eigenvalue weighted by molar-refractivity contribution is 6.09. The van der Waals surface area contributed by atoms with Crippen LogP contribution in [-0.2, 0) is 6.18 Å². The van der Waals surface area contributed by atoms with Gasteiger partial charge in [-0.25, -0.2) is 0 Å². The predicted molar refractivity (Wildman–Crippen MR) is 163 cm³/mol. The van der Waals surface area contributed by atoms with Gasteiger partial charge in [0.15, 0.2) is 0 Å². The van der Waals surface area contributed by atoms with Gasteiger partial charge in [-0.15, -0.1) is 0 Å². The molecule has 1 saturated heterocycles. The van der Waals surface area contributed by atoms with Crippen LogP contribution in [0.15, 0.2) is 79.1 Å². The summed E-state index contributed by atoms with van der Waals surface area (Å²) in [4.78, 5) is 24.2. The van der Waals surface area contributed by atoms with Crippen molar-refractivity contribution in [3.63, 3.8) is 0 Å². The number of anilines is 3. The van der Waals surface area contributed by atoms with E-state index in [2.05, 4.69) is 25.9 Å². The van der Waals surface area contributed by atoms with E-state index < -0.39 is 11.7 Å². The van der Waals surface area contributed by atoms with Crippen molar-refractivity contribution < 1.29 is 18.0 Å². The van der Waals surface area contributed by atoms with Crippen molar-refractivity contribution in [3.05, 3.63) is 90.3 Å². The van der Waals surface area contributed by atoms with Gasteiger partial charge < -0.3 is 20.9 Å². The van der Waals surface area contributed by atoms with Crippen LogP contribution in [0.5, 0.6) is 0 Å². The van der Waals surface area contributed by atoms with Crippen molar-refractivity contribution in [2.45, 2.75) is 25.1 Å². The molecule has 43 heavy (non-hydrogen) atoms. The highest BCUT2D eigenvalue weighted by atomic mass is 19.4. The molecule has 218 valence electrons. The number of fused-ring (bicyclic) bond motifs is 2. The summed E-state index contributed by atoms with van der Waals surface area (Å²) in [7, 11) is 0. The number of aromatic nitrogens is 2. The first-order chi connectivity index (χ1) is 20.8. The van der Waals surface area contributed by atoms with Crippen molar-refractivity contribution in [3.8, 4) is 11.1 Å². The number of hydrogen-bond acceptors (Lipinski definition) is 6. The second kappa shape index (κ2) is 10.9. The maximum Gasteiger partial charge on any atom is 0.418 e. The van der Waals surface area contributed by atoms with Crippen molar-refractivity contribution in [2.24, 2.45) is 0 Å². The molecule has 1 saturated carbocycles. The number of nitrogens with zero attached hydrogens (tertiary/aromatic N) is 3. The molecule has 1 amide bonds. The average Bonchev–Trinajstić information content (AvgIpc) is 3.84. The molecule has 7 nitrogen and oxygen atoms in total. The number of alkyl halides is 3. The number of rotatable bonds is 6. The van der Waals surface area contributed by atoms with Crippen LogP contribution >= 0.6 is 0 Å². The van der Waals surface area contributed by atoms with E-state index in [1.807, 2.05) is 48.5 Å². The first kappa shape index (κ1) is 27.2. The molecule has 5 aromatic rings. The standard InChI is InChI=1S/C33H29F3N6O/c34-33(35,36)27-17-24(8-10-30(27)42-13-11-37-12-14-42)40-31-25-16-20(22-15-21-3-1-2-4-28(21)38-18-22)5-9-29(25)39-19-26(31)32(43)41-23-6-7-23/h1-5,8-10,15-19,23,37H,6-7,11-14H2,(H,39,40)(H,41,43). The second-order valence-electron chi connectivity index (χ2n) is 11.0. The molecule has 1 aliphatic carbocycles. The molecule has 3 aromatic carbocycles. The van der Waals surface area contributed by atoms with Gasteiger partial charge >= 0.3 is 6.18 Å². The van der Waals surface area contributed by atoms with E-state index in [1.54, 1.807) is 17.2 Å². The topological polar surface area (TPSA) is 82.2 Å². The summed E-state index contributed by atoms with van der Waals surface area (Å²) in [5, 5.41) is 11.0.